The van der Waals surface area contributed by atoms with Crippen LogP contribution in [-0.4, -0.2) is 48.9 Å². The smallest absolute Gasteiger partial charge is 0.272 e. The molecule has 1 aliphatic carbocycles. The number of carbonyl (C=O) groups excluding carboxylic acids is 2. The fourth-order valence-electron chi connectivity index (χ4n) is 4.65. The Morgan fingerprint density at radius 3 is 2.50 bits per heavy atom. The molecule has 2 amide bonds. The van der Waals surface area contributed by atoms with Gasteiger partial charge in [0.1, 0.15) is 5.84 Å². The molecule has 1 aliphatic heterocycles. The highest BCUT2D eigenvalue weighted by Gasteiger charge is 2.33. The second-order valence-corrected chi connectivity index (χ2v) is 8.73. The number of likely N-dealkylation sites (N-methyl/N-ethyl adjacent to an activating group) is 1. The summed E-state index contributed by atoms with van der Waals surface area (Å²) < 4.78 is 0. The number of fused-ring (bicyclic) bond motifs is 1. The van der Waals surface area contributed by atoms with Crippen LogP contribution in [0.25, 0.3) is 0 Å². The van der Waals surface area contributed by atoms with Crippen molar-refractivity contribution in [3.63, 3.8) is 0 Å². The number of benzene rings is 2. The molecular weight excluding hydrogens is 400 g/mol. The first-order valence-electron chi connectivity index (χ1n) is 11.6. The quantitative estimate of drug-likeness (QED) is 0.783. The number of hydrogen-bond acceptors (Lipinski definition) is 4. The summed E-state index contributed by atoms with van der Waals surface area (Å²) in [5.41, 5.74) is 2.85. The van der Waals surface area contributed by atoms with Gasteiger partial charge in [-0.2, -0.15) is 0 Å². The van der Waals surface area contributed by atoms with Crippen LogP contribution in [0.3, 0.4) is 0 Å². The average molecular weight is 433 g/mol. The van der Waals surface area contributed by atoms with Gasteiger partial charge >= 0.3 is 0 Å². The van der Waals surface area contributed by atoms with Crippen LogP contribution in [0.2, 0.25) is 0 Å². The number of rotatable bonds is 5. The van der Waals surface area contributed by atoms with E-state index in [1.54, 1.807) is 11.9 Å². The van der Waals surface area contributed by atoms with Gasteiger partial charge in [0, 0.05) is 32.1 Å². The summed E-state index contributed by atoms with van der Waals surface area (Å²) in [6.45, 7) is 0. The predicted molar refractivity (Wildman–Crippen MR) is 128 cm³/mol. The number of carbonyl (C=O) groups is 2. The molecule has 1 unspecified atom stereocenters. The fraction of sp³-hybridized carbons (Fsp3) is 0.423. The predicted octanol–water partition coefficient (Wildman–Crippen LogP) is 3.75. The van der Waals surface area contributed by atoms with E-state index in [0.717, 1.165) is 35.5 Å². The van der Waals surface area contributed by atoms with Crippen molar-refractivity contribution in [1.29, 1.82) is 0 Å². The topological polar surface area (TPSA) is 65.0 Å². The van der Waals surface area contributed by atoms with Crippen LogP contribution in [0, 0.1) is 0 Å². The van der Waals surface area contributed by atoms with Crippen molar-refractivity contribution < 1.29 is 9.59 Å². The van der Waals surface area contributed by atoms with Crippen molar-refractivity contribution in [3.05, 3.63) is 65.7 Å². The Kier molecular flexibility index (Phi) is 6.88. The zero-order valence-corrected chi connectivity index (χ0v) is 19.0. The minimum absolute atomic E-state index is 0.171. The van der Waals surface area contributed by atoms with Gasteiger partial charge in [-0.3, -0.25) is 9.59 Å². The second-order valence-electron chi connectivity index (χ2n) is 8.73. The number of amidine groups is 1. The number of aryl methyl sites for hydroxylation is 1. The summed E-state index contributed by atoms with van der Waals surface area (Å²) >= 11 is 0. The van der Waals surface area contributed by atoms with Crippen molar-refractivity contribution >= 4 is 23.3 Å². The molecule has 1 fully saturated rings. The number of hydrogen-bond donors (Lipinski definition) is 1. The fourth-order valence-corrected chi connectivity index (χ4v) is 4.65. The number of benzodiazepines with no additional fused rings is 1. The number of nitrogens with zero attached hydrogens (tertiary/aromatic N) is 3. The maximum Gasteiger partial charge on any atom is 0.272 e. The van der Waals surface area contributed by atoms with Crippen LogP contribution in [0.4, 0.5) is 5.69 Å². The third-order valence-corrected chi connectivity index (χ3v) is 6.56. The number of amides is 2. The minimum atomic E-state index is -0.934. The lowest BCUT2D eigenvalue weighted by atomic mass is 9.94. The van der Waals surface area contributed by atoms with E-state index >= 15 is 0 Å². The van der Waals surface area contributed by atoms with Crippen molar-refractivity contribution in [1.82, 2.24) is 10.2 Å². The van der Waals surface area contributed by atoms with Crippen LogP contribution in [0.1, 0.15) is 49.7 Å². The number of aliphatic imine (C=N–C) groups is 1. The third-order valence-electron chi connectivity index (χ3n) is 6.56. The summed E-state index contributed by atoms with van der Waals surface area (Å²) in [4.78, 5) is 34.7. The van der Waals surface area contributed by atoms with Gasteiger partial charge < -0.3 is 15.1 Å². The van der Waals surface area contributed by atoms with Gasteiger partial charge in [-0.05, 0) is 37.0 Å². The van der Waals surface area contributed by atoms with Crippen molar-refractivity contribution in [3.8, 4) is 0 Å². The van der Waals surface area contributed by atoms with E-state index in [0.29, 0.717) is 18.9 Å². The number of nitrogens with one attached hydrogen (secondary N) is 1. The lowest BCUT2D eigenvalue weighted by Crippen LogP contribution is -2.46. The molecule has 6 heteroatoms. The Hall–Kier alpha value is -3.15. The zero-order valence-electron chi connectivity index (χ0n) is 19.0. The highest BCUT2D eigenvalue weighted by Crippen LogP contribution is 2.29. The maximum absolute atomic E-state index is 13.2. The summed E-state index contributed by atoms with van der Waals surface area (Å²) in [6.07, 6.45) is 5.94. The lowest BCUT2D eigenvalue weighted by molar-refractivity contribution is -0.127. The van der Waals surface area contributed by atoms with Gasteiger partial charge in [-0.15, -0.1) is 0 Å². The lowest BCUT2D eigenvalue weighted by Gasteiger charge is -2.34. The minimum Gasteiger partial charge on any atom is -0.356 e. The van der Waals surface area contributed by atoms with Gasteiger partial charge in [0.25, 0.3) is 5.91 Å². The first-order chi connectivity index (χ1) is 15.5. The Morgan fingerprint density at radius 1 is 1.06 bits per heavy atom. The van der Waals surface area contributed by atoms with Gasteiger partial charge in [0.05, 0.1) is 5.69 Å². The van der Waals surface area contributed by atoms with Crippen molar-refractivity contribution in [2.24, 2.45) is 4.99 Å². The molecule has 0 saturated heterocycles. The standard InChI is InChI=1S/C26H32N4O2/c1-29(20-13-7-4-8-14-20)25-21-15-9-10-16-22(21)30(2)26(32)24(28-25)27-23(31)18-17-19-11-5-3-6-12-19/h3,5-6,9-12,15-16,20,24H,4,7-8,13-14,17-18H2,1-2H3,(H,27,31). The van der Waals surface area contributed by atoms with Gasteiger partial charge in [-0.1, -0.05) is 61.7 Å². The molecule has 1 atom stereocenters. The Balaban J connectivity index is 1.58. The van der Waals surface area contributed by atoms with E-state index < -0.39 is 6.17 Å². The van der Waals surface area contributed by atoms with Gasteiger partial charge in [0.2, 0.25) is 12.1 Å². The molecule has 0 spiro atoms. The molecule has 2 aromatic carbocycles. The molecule has 1 saturated carbocycles. The second kappa shape index (κ2) is 9.98. The zero-order chi connectivity index (χ0) is 22.5. The number of para-hydroxylation sites is 1. The average Bonchev–Trinajstić information content (AvgIpc) is 2.94. The van der Waals surface area contributed by atoms with E-state index in [2.05, 4.69) is 17.3 Å². The SMILES string of the molecule is CN1C(=O)C(NC(=O)CCc2ccccc2)N=C(N(C)C2CCCCC2)c2ccccc21. The van der Waals surface area contributed by atoms with E-state index in [1.165, 1.54) is 19.3 Å². The van der Waals surface area contributed by atoms with Gasteiger partial charge in [-0.25, -0.2) is 4.99 Å². The highest BCUT2D eigenvalue weighted by molar-refractivity contribution is 6.12. The summed E-state index contributed by atoms with van der Waals surface area (Å²) in [5, 5.41) is 2.89. The maximum atomic E-state index is 13.2. The van der Waals surface area contributed by atoms with E-state index in [9.17, 15) is 9.59 Å². The van der Waals surface area contributed by atoms with Gasteiger partial charge in [0.15, 0.2) is 0 Å². The molecule has 168 valence electrons. The summed E-state index contributed by atoms with van der Waals surface area (Å²) in [6, 6.07) is 18.1. The van der Waals surface area contributed by atoms with Crippen molar-refractivity contribution in [2.75, 3.05) is 19.0 Å². The largest absolute Gasteiger partial charge is 0.356 e. The Labute approximate surface area is 190 Å². The normalized spacial score (nSPS) is 19.1. The molecule has 0 radical (unpaired) electrons. The Morgan fingerprint density at radius 2 is 1.75 bits per heavy atom. The number of anilines is 1. The Bertz CT molecular complexity index is 982. The molecule has 1 N–H and O–H groups in total. The molecule has 32 heavy (non-hydrogen) atoms. The molecular formula is C26H32N4O2. The monoisotopic (exact) mass is 432 g/mol. The molecule has 4 rings (SSSR count). The summed E-state index contributed by atoms with van der Waals surface area (Å²) in [5.74, 6) is 0.381. The molecule has 0 bridgehead atoms. The van der Waals surface area contributed by atoms with E-state index in [-0.39, 0.29) is 11.8 Å². The van der Waals surface area contributed by atoms with Crippen molar-refractivity contribution in [2.45, 2.75) is 57.2 Å². The molecule has 6 nitrogen and oxygen atoms in total. The van der Waals surface area contributed by atoms with Crippen LogP contribution >= 0.6 is 0 Å². The van der Waals surface area contributed by atoms with Crippen LogP contribution in [-0.2, 0) is 16.0 Å². The van der Waals surface area contributed by atoms with Crippen LogP contribution in [0.5, 0.6) is 0 Å². The molecule has 2 aromatic rings. The first-order valence-corrected chi connectivity index (χ1v) is 11.6. The van der Waals surface area contributed by atoms with Crippen LogP contribution < -0.4 is 10.2 Å². The van der Waals surface area contributed by atoms with E-state index in [4.69, 9.17) is 4.99 Å². The molecule has 0 aromatic heterocycles. The third kappa shape index (κ3) is 4.85. The first kappa shape index (κ1) is 22.1. The summed E-state index contributed by atoms with van der Waals surface area (Å²) in [7, 11) is 3.82. The highest BCUT2D eigenvalue weighted by atomic mass is 16.2. The van der Waals surface area contributed by atoms with Crippen LogP contribution in [0.15, 0.2) is 59.6 Å². The van der Waals surface area contributed by atoms with E-state index in [1.807, 2.05) is 54.6 Å². The molecule has 2 aliphatic rings. The molecule has 1 heterocycles.